The molecule has 8 nitrogen and oxygen atoms in total. The molecule has 176 valence electrons. The number of hydrogen-bond acceptors (Lipinski definition) is 4. The number of anilines is 1. The molecule has 0 atom stereocenters. The third kappa shape index (κ3) is 4.22. The molecule has 2 heterocycles. The van der Waals surface area contributed by atoms with Gasteiger partial charge in [0.2, 0.25) is 15.9 Å². The molecule has 1 saturated heterocycles. The number of aromatic nitrogens is 2. The van der Waals surface area contributed by atoms with Crippen molar-refractivity contribution < 1.29 is 13.2 Å². The standard InChI is InChI=1S/C24H30N4O4S/c1-4-26(19-10-6-5-7-11-19)23(29)17-27-22-16-20(33(31,32)25-14-8-9-15-25)12-13-21(22)28(18(2)3)24(27)30/h5-7,10-13,16,18H,4,8-9,14-15,17H2,1-3H3. The Hall–Kier alpha value is -2.91. The van der Waals surface area contributed by atoms with E-state index in [1.807, 2.05) is 51.1 Å². The van der Waals surface area contributed by atoms with Gasteiger partial charge in [-0.2, -0.15) is 4.31 Å². The third-order valence-electron chi connectivity index (χ3n) is 6.13. The molecule has 1 aliphatic rings. The lowest BCUT2D eigenvalue weighted by atomic mass is 10.2. The van der Waals surface area contributed by atoms with Gasteiger partial charge in [-0.15, -0.1) is 0 Å². The smallest absolute Gasteiger partial charge is 0.311 e. The number of amides is 1. The summed E-state index contributed by atoms with van der Waals surface area (Å²) in [5.74, 6) is -0.235. The molecule has 0 aliphatic carbocycles. The Morgan fingerprint density at radius 1 is 1.03 bits per heavy atom. The topological polar surface area (TPSA) is 84.6 Å². The molecule has 0 spiro atoms. The van der Waals surface area contributed by atoms with Crippen LogP contribution in [-0.4, -0.2) is 47.4 Å². The molecule has 3 aromatic rings. The minimum Gasteiger partial charge on any atom is -0.311 e. The summed E-state index contributed by atoms with van der Waals surface area (Å²) in [6, 6.07) is 13.9. The van der Waals surface area contributed by atoms with E-state index < -0.39 is 10.0 Å². The molecule has 0 N–H and O–H groups in total. The normalized spacial score (nSPS) is 14.9. The van der Waals surface area contributed by atoms with Crippen LogP contribution in [0.25, 0.3) is 11.0 Å². The molecule has 1 aromatic heterocycles. The maximum Gasteiger partial charge on any atom is 0.329 e. The van der Waals surface area contributed by atoms with Gasteiger partial charge in [-0.3, -0.25) is 13.9 Å². The molecular weight excluding hydrogens is 440 g/mol. The first kappa shape index (κ1) is 23.3. The van der Waals surface area contributed by atoms with Crippen molar-refractivity contribution in [2.75, 3.05) is 24.5 Å². The van der Waals surface area contributed by atoms with Gasteiger partial charge in [0.15, 0.2) is 0 Å². The third-order valence-corrected chi connectivity index (χ3v) is 8.03. The van der Waals surface area contributed by atoms with Crippen molar-refractivity contribution >= 4 is 32.7 Å². The van der Waals surface area contributed by atoms with E-state index in [2.05, 4.69) is 0 Å². The number of likely N-dealkylation sites (N-methyl/N-ethyl adjacent to an activating group) is 1. The fourth-order valence-corrected chi connectivity index (χ4v) is 6.02. The molecule has 0 saturated carbocycles. The Kier molecular flexibility index (Phi) is 6.45. The van der Waals surface area contributed by atoms with E-state index >= 15 is 0 Å². The highest BCUT2D eigenvalue weighted by Crippen LogP contribution is 2.26. The highest BCUT2D eigenvalue weighted by atomic mass is 32.2. The number of carbonyl (C=O) groups excluding carboxylic acids is 1. The number of carbonyl (C=O) groups is 1. The van der Waals surface area contributed by atoms with E-state index in [1.54, 1.807) is 21.6 Å². The number of fused-ring (bicyclic) bond motifs is 1. The first-order valence-corrected chi connectivity index (χ1v) is 12.8. The van der Waals surface area contributed by atoms with Gasteiger partial charge in [-0.25, -0.2) is 13.2 Å². The summed E-state index contributed by atoms with van der Waals surface area (Å²) in [7, 11) is -3.65. The SMILES string of the molecule is CCN(C(=O)Cn1c(=O)n(C(C)C)c2ccc(S(=O)(=O)N3CCCC3)cc21)c1ccccc1. The monoisotopic (exact) mass is 470 g/mol. The van der Waals surface area contributed by atoms with Crippen LogP contribution in [0, 0.1) is 0 Å². The zero-order valence-corrected chi connectivity index (χ0v) is 20.1. The molecule has 0 radical (unpaired) electrons. The summed E-state index contributed by atoms with van der Waals surface area (Å²) in [4.78, 5) is 28.3. The summed E-state index contributed by atoms with van der Waals surface area (Å²) in [6.45, 7) is 6.95. The quantitative estimate of drug-likeness (QED) is 0.531. The van der Waals surface area contributed by atoms with Crippen LogP contribution in [-0.2, 0) is 21.4 Å². The Balaban J connectivity index is 1.80. The van der Waals surface area contributed by atoms with E-state index in [0.717, 1.165) is 18.5 Å². The summed E-state index contributed by atoms with van der Waals surface area (Å²) >= 11 is 0. The van der Waals surface area contributed by atoms with E-state index in [4.69, 9.17) is 0 Å². The van der Waals surface area contributed by atoms with Crippen LogP contribution in [0.5, 0.6) is 0 Å². The largest absolute Gasteiger partial charge is 0.329 e. The second-order valence-corrected chi connectivity index (χ2v) is 10.5. The fraction of sp³-hybridized carbons (Fsp3) is 0.417. The summed E-state index contributed by atoms with van der Waals surface area (Å²) in [5, 5.41) is 0. The first-order valence-electron chi connectivity index (χ1n) is 11.4. The second kappa shape index (κ2) is 9.15. The molecular formula is C24H30N4O4S. The number of sulfonamides is 1. The van der Waals surface area contributed by atoms with Gasteiger partial charge in [0.05, 0.1) is 15.9 Å². The summed E-state index contributed by atoms with van der Waals surface area (Å²) < 4.78 is 30.7. The highest BCUT2D eigenvalue weighted by molar-refractivity contribution is 7.89. The van der Waals surface area contributed by atoms with Crippen LogP contribution in [0.1, 0.15) is 39.7 Å². The predicted molar refractivity (Wildman–Crippen MR) is 129 cm³/mol. The minimum absolute atomic E-state index is 0.145. The molecule has 4 rings (SSSR count). The van der Waals surface area contributed by atoms with Crippen LogP contribution in [0.15, 0.2) is 58.2 Å². The van der Waals surface area contributed by atoms with Gasteiger partial charge in [-0.1, -0.05) is 18.2 Å². The van der Waals surface area contributed by atoms with Crippen molar-refractivity contribution in [2.45, 2.75) is 51.1 Å². The van der Waals surface area contributed by atoms with E-state index in [0.29, 0.717) is 30.7 Å². The maximum atomic E-state index is 13.3. The zero-order chi connectivity index (χ0) is 23.8. The maximum absolute atomic E-state index is 13.3. The van der Waals surface area contributed by atoms with Gasteiger partial charge < -0.3 is 4.90 Å². The van der Waals surface area contributed by atoms with Gasteiger partial charge >= 0.3 is 5.69 Å². The fourth-order valence-electron chi connectivity index (χ4n) is 4.48. The number of nitrogens with zero attached hydrogens (tertiary/aromatic N) is 4. The molecule has 1 amide bonds. The molecule has 1 fully saturated rings. The van der Waals surface area contributed by atoms with Gasteiger partial charge in [0, 0.05) is 31.4 Å². The number of para-hydroxylation sites is 1. The first-order chi connectivity index (χ1) is 15.8. The molecule has 9 heteroatoms. The van der Waals surface area contributed by atoms with Gasteiger partial charge in [0.25, 0.3) is 0 Å². The van der Waals surface area contributed by atoms with Crippen molar-refractivity contribution in [1.29, 1.82) is 0 Å². The molecule has 33 heavy (non-hydrogen) atoms. The summed E-state index contributed by atoms with van der Waals surface area (Å²) in [5.41, 5.74) is 1.49. The molecule has 0 bridgehead atoms. The number of benzene rings is 2. The Bertz CT molecular complexity index is 1320. The van der Waals surface area contributed by atoms with Crippen LogP contribution in [0.4, 0.5) is 5.69 Å². The van der Waals surface area contributed by atoms with E-state index in [9.17, 15) is 18.0 Å². The Morgan fingerprint density at radius 2 is 1.70 bits per heavy atom. The zero-order valence-electron chi connectivity index (χ0n) is 19.3. The van der Waals surface area contributed by atoms with Crippen molar-refractivity contribution in [3.05, 3.63) is 59.0 Å². The molecule has 1 aliphatic heterocycles. The lowest BCUT2D eigenvalue weighted by Gasteiger charge is -2.21. The minimum atomic E-state index is -3.65. The van der Waals surface area contributed by atoms with Crippen LogP contribution < -0.4 is 10.6 Å². The van der Waals surface area contributed by atoms with Crippen molar-refractivity contribution in [3.8, 4) is 0 Å². The van der Waals surface area contributed by atoms with Crippen molar-refractivity contribution in [3.63, 3.8) is 0 Å². The van der Waals surface area contributed by atoms with Crippen LogP contribution in [0.3, 0.4) is 0 Å². The molecule has 0 unspecified atom stereocenters. The lowest BCUT2D eigenvalue weighted by Crippen LogP contribution is -2.37. The average Bonchev–Trinajstić information content (AvgIpc) is 3.42. The number of hydrogen-bond donors (Lipinski definition) is 0. The molecule has 2 aromatic carbocycles. The van der Waals surface area contributed by atoms with E-state index in [1.165, 1.54) is 14.9 Å². The Labute approximate surface area is 194 Å². The van der Waals surface area contributed by atoms with Crippen LogP contribution >= 0.6 is 0 Å². The number of rotatable bonds is 7. The van der Waals surface area contributed by atoms with Crippen molar-refractivity contribution in [1.82, 2.24) is 13.4 Å². The highest BCUT2D eigenvalue weighted by Gasteiger charge is 2.29. The van der Waals surface area contributed by atoms with E-state index in [-0.39, 0.29) is 29.1 Å². The number of imidazole rings is 1. The van der Waals surface area contributed by atoms with Crippen LogP contribution in [0.2, 0.25) is 0 Å². The Morgan fingerprint density at radius 3 is 2.30 bits per heavy atom. The second-order valence-electron chi connectivity index (χ2n) is 8.57. The predicted octanol–water partition coefficient (Wildman–Crippen LogP) is 3.22. The van der Waals surface area contributed by atoms with Crippen molar-refractivity contribution in [2.24, 2.45) is 0 Å². The van der Waals surface area contributed by atoms with Gasteiger partial charge in [0.1, 0.15) is 6.54 Å². The summed E-state index contributed by atoms with van der Waals surface area (Å²) in [6.07, 6.45) is 1.69. The van der Waals surface area contributed by atoms with Gasteiger partial charge in [-0.05, 0) is 63.9 Å². The average molecular weight is 471 g/mol. The lowest BCUT2D eigenvalue weighted by molar-refractivity contribution is -0.119.